The van der Waals surface area contributed by atoms with Crippen LogP contribution in [0.2, 0.25) is 0 Å². The molecule has 0 saturated heterocycles. The fourth-order valence-corrected chi connectivity index (χ4v) is 3.00. The van der Waals surface area contributed by atoms with Crippen LogP contribution in [-0.4, -0.2) is 23.8 Å². The molecule has 18 heavy (non-hydrogen) atoms. The van der Waals surface area contributed by atoms with E-state index in [1.54, 1.807) is 0 Å². The van der Waals surface area contributed by atoms with Gasteiger partial charge in [-0.2, -0.15) is 0 Å². The fraction of sp³-hybridized carbons (Fsp3) is 1.00. The molecule has 0 aromatic carbocycles. The fourth-order valence-electron chi connectivity index (χ4n) is 3.00. The van der Waals surface area contributed by atoms with Gasteiger partial charge in [0, 0.05) is 6.04 Å². The minimum atomic E-state index is -0.161. The number of hydrogen-bond acceptors (Lipinski definition) is 2. The van der Waals surface area contributed by atoms with E-state index in [9.17, 15) is 5.11 Å². The van der Waals surface area contributed by atoms with Crippen molar-refractivity contribution in [1.29, 1.82) is 0 Å². The maximum absolute atomic E-state index is 9.48. The van der Waals surface area contributed by atoms with Crippen molar-refractivity contribution in [2.75, 3.05) is 6.54 Å². The molecular formula is C16H35NO. The monoisotopic (exact) mass is 257 g/mol. The Bertz CT molecular complexity index is 182. The molecular weight excluding hydrogens is 222 g/mol. The lowest BCUT2D eigenvalue weighted by Gasteiger charge is -2.29. The second kappa shape index (κ2) is 10.8. The summed E-state index contributed by atoms with van der Waals surface area (Å²) in [4.78, 5) is 0. The minimum Gasteiger partial charge on any atom is -0.393 e. The van der Waals surface area contributed by atoms with E-state index in [2.05, 4.69) is 33.0 Å². The third-order valence-corrected chi connectivity index (χ3v) is 3.88. The first kappa shape index (κ1) is 17.9. The highest BCUT2D eigenvalue weighted by molar-refractivity contribution is 4.77. The van der Waals surface area contributed by atoms with E-state index < -0.39 is 0 Å². The number of aliphatic hydroxyl groups excluding tert-OH is 1. The summed E-state index contributed by atoms with van der Waals surface area (Å²) < 4.78 is 0. The molecule has 0 rings (SSSR count). The van der Waals surface area contributed by atoms with Gasteiger partial charge in [0.15, 0.2) is 0 Å². The molecule has 0 aromatic rings. The van der Waals surface area contributed by atoms with E-state index in [0.29, 0.717) is 12.0 Å². The van der Waals surface area contributed by atoms with Gasteiger partial charge in [-0.05, 0) is 44.6 Å². The Kier molecular flexibility index (Phi) is 10.8. The van der Waals surface area contributed by atoms with Crippen LogP contribution in [0.25, 0.3) is 0 Å². The van der Waals surface area contributed by atoms with Crippen LogP contribution in [0, 0.1) is 11.8 Å². The summed E-state index contributed by atoms with van der Waals surface area (Å²) in [6.07, 6.45) is 7.15. The molecule has 0 aliphatic heterocycles. The number of rotatable bonds is 11. The summed E-state index contributed by atoms with van der Waals surface area (Å²) in [6.45, 7) is 12.0. The normalized spacial score (nSPS) is 18.3. The summed E-state index contributed by atoms with van der Waals surface area (Å²) in [5, 5.41) is 13.1. The predicted molar refractivity (Wildman–Crippen MR) is 80.8 cm³/mol. The number of hydrogen-bond donors (Lipinski definition) is 2. The van der Waals surface area contributed by atoms with Crippen molar-refractivity contribution in [2.45, 2.75) is 85.3 Å². The van der Waals surface area contributed by atoms with Gasteiger partial charge in [0.25, 0.3) is 0 Å². The molecule has 110 valence electrons. The Morgan fingerprint density at radius 2 is 1.72 bits per heavy atom. The zero-order valence-corrected chi connectivity index (χ0v) is 13.2. The Morgan fingerprint density at radius 1 is 1.06 bits per heavy atom. The third-order valence-electron chi connectivity index (χ3n) is 3.88. The van der Waals surface area contributed by atoms with Crippen LogP contribution in [0.15, 0.2) is 0 Å². The summed E-state index contributed by atoms with van der Waals surface area (Å²) in [7, 11) is 0. The van der Waals surface area contributed by atoms with Crippen LogP contribution >= 0.6 is 0 Å². The highest BCUT2D eigenvalue weighted by atomic mass is 16.3. The minimum absolute atomic E-state index is 0.161. The lowest BCUT2D eigenvalue weighted by molar-refractivity contribution is 0.150. The number of aliphatic hydroxyl groups is 1. The van der Waals surface area contributed by atoms with Gasteiger partial charge >= 0.3 is 0 Å². The topological polar surface area (TPSA) is 32.3 Å². The van der Waals surface area contributed by atoms with E-state index in [0.717, 1.165) is 18.9 Å². The smallest absolute Gasteiger partial charge is 0.0514 e. The first-order valence-electron chi connectivity index (χ1n) is 7.96. The third kappa shape index (κ3) is 8.10. The van der Waals surface area contributed by atoms with Crippen molar-refractivity contribution in [1.82, 2.24) is 5.32 Å². The van der Waals surface area contributed by atoms with Gasteiger partial charge in [-0.15, -0.1) is 0 Å². The average Bonchev–Trinajstić information content (AvgIpc) is 2.30. The molecule has 0 amide bonds. The van der Waals surface area contributed by atoms with Crippen molar-refractivity contribution >= 4 is 0 Å². The molecule has 2 N–H and O–H groups in total. The molecule has 0 saturated carbocycles. The van der Waals surface area contributed by atoms with Crippen molar-refractivity contribution in [3.05, 3.63) is 0 Å². The quantitative estimate of drug-likeness (QED) is 0.587. The first-order valence-corrected chi connectivity index (χ1v) is 7.96. The van der Waals surface area contributed by atoms with E-state index in [1.165, 1.54) is 32.1 Å². The van der Waals surface area contributed by atoms with Gasteiger partial charge in [0.05, 0.1) is 6.10 Å². The van der Waals surface area contributed by atoms with E-state index >= 15 is 0 Å². The Hall–Kier alpha value is -0.0800. The molecule has 0 heterocycles. The number of unbranched alkanes of at least 4 members (excludes halogenated alkanes) is 1. The van der Waals surface area contributed by atoms with Crippen LogP contribution in [0.1, 0.15) is 73.1 Å². The van der Waals surface area contributed by atoms with Crippen molar-refractivity contribution < 1.29 is 5.11 Å². The van der Waals surface area contributed by atoms with E-state index in [-0.39, 0.29) is 6.10 Å². The van der Waals surface area contributed by atoms with Crippen LogP contribution < -0.4 is 5.32 Å². The zero-order valence-electron chi connectivity index (χ0n) is 13.2. The molecule has 0 radical (unpaired) electrons. The van der Waals surface area contributed by atoms with Crippen LogP contribution in [-0.2, 0) is 0 Å². The van der Waals surface area contributed by atoms with Crippen LogP contribution in [0.5, 0.6) is 0 Å². The van der Waals surface area contributed by atoms with Gasteiger partial charge in [-0.25, -0.2) is 0 Å². The van der Waals surface area contributed by atoms with Crippen molar-refractivity contribution in [2.24, 2.45) is 11.8 Å². The number of nitrogens with one attached hydrogen (secondary N) is 1. The molecule has 0 spiro atoms. The highest BCUT2D eigenvalue weighted by Crippen LogP contribution is 2.25. The van der Waals surface area contributed by atoms with Gasteiger partial charge in [0.2, 0.25) is 0 Å². The standard InChI is InChI=1S/C16H35NO/c1-6-9-10-16(17-8-3)15(7-2)12-13(4)11-14(5)18/h13-18H,6-12H2,1-5H3. The predicted octanol–water partition coefficient (Wildman–Crippen LogP) is 3.98. The summed E-state index contributed by atoms with van der Waals surface area (Å²) in [6, 6.07) is 0.663. The highest BCUT2D eigenvalue weighted by Gasteiger charge is 2.21. The van der Waals surface area contributed by atoms with Crippen LogP contribution in [0.3, 0.4) is 0 Å². The first-order chi connectivity index (χ1) is 8.54. The summed E-state index contributed by atoms with van der Waals surface area (Å²) >= 11 is 0. The zero-order chi connectivity index (χ0) is 14.0. The second-order valence-electron chi connectivity index (χ2n) is 5.90. The average molecular weight is 257 g/mol. The molecule has 0 aromatic heterocycles. The lowest BCUT2D eigenvalue weighted by atomic mass is 9.83. The lowest BCUT2D eigenvalue weighted by Crippen LogP contribution is -2.37. The largest absolute Gasteiger partial charge is 0.393 e. The molecule has 0 aliphatic carbocycles. The second-order valence-corrected chi connectivity index (χ2v) is 5.90. The Labute approximate surface area is 115 Å². The molecule has 0 aliphatic rings. The van der Waals surface area contributed by atoms with E-state index in [4.69, 9.17) is 0 Å². The SMILES string of the molecule is CCCCC(NCC)C(CC)CC(C)CC(C)O. The van der Waals surface area contributed by atoms with Gasteiger partial charge in [-0.1, -0.05) is 47.0 Å². The maximum atomic E-state index is 9.48. The van der Waals surface area contributed by atoms with Gasteiger partial charge in [0.1, 0.15) is 0 Å². The van der Waals surface area contributed by atoms with Crippen LogP contribution in [0.4, 0.5) is 0 Å². The Balaban J connectivity index is 4.29. The molecule has 4 atom stereocenters. The maximum Gasteiger partial charge on any atom is 0.0514 e. The van der Waals surface area contributed by atoms with Gasteiger partial charge in [-0.3, -0.25) is 0 Å². The molecule has 0 bridgehead atoms. The summed E-state index contributed by atoms with van der Waals surface area (Å²) in [5.74, 6) is 1.38. The molecule has 0 fully saturated rings. The molecule has 2 nitrogen and oxygen atoms in total. The van der Waals surface area contributed by atoms with Gasteiger partial charge < -0.3 is 10.4 Å². The Morgan fingerprint density at radius 3 is 2.17 bits per heavy atom. The van der Waals surface area contributed by atoms with Crippen molar-refractivity contribution in [3.63, 3.8) is 0 Å². The molecule has 2 heteroatoms. The van der Waals surface area contributed by atoms with Crippen molar-refractivity contribution in [3.8, 4) is 0 Å². The summed E-state index contributed by atoms with van der Waals surface area (Å²) in [5.41, 5.74) is 0. The molecule has 4 unspecified atom stereocenters. The van der Waals surface area contributed by atoms with E-state index in [1.807, 2.05) is 6.92 Å².